The summed E-state index contributed by atoms with van der Waals surface area (Å²) < 4.78 is 68.4. The summed E-state index contributed by atoms with van der Waals surface area (Å²) in [5.41, 5.74) is -2.41. The lowest BCUT2D eigenvalue weighted by molar-refractivity contribution is -0.138. The van der Waals surface area contributed by atoms with E-state index in [0.717, 1.165) is 17.0 Å². The smallest absolute Gasteiger partial charge is 0.338 e. The van der Waals surface area contributed by atoms with Crippen LogP contribution in [0.3, 0.4) is 0 Å². The lowest BCUT2D eigenvalue weighted by atomic mass is 9.82. The maximum absolute atomic E-state index is 13.7. The van der Waals surface area contributed by atoms with Crippen LogP contribution >= 0.6 is 0 Å². The first-order chi connectivity index (χ1) is 17.2. The zero-order chi connectivity index (χ0) is 27.2. The van der Waals surface area contributed by atoms with Crippen LogP contribution in [-0.2, 0) is 23.1 Å². The van der Waals surface area contributed by atoms with E-state index in [1.165, 1.54) is 0 Å². The summed E-state index contributed by atoms with van der Waals surface area (Å²) in [4.78, 5) is 28.4. The fourth-order valence-electron chi connectivity index (χ4n) is 4.97. The van der Waals surface area contributed by atoms with E-state index in [9.17, 15) is 31.5 Å². The Morgan fingerprint density at radius 2 is 1.81 bits per heavy atom. The van der Waals surface area contributed by atoms with Crippen molar-refractivity contribution in [2.75, 3.05) is 13.1 Å². The summed E-state index contributed by atoms with van der Waals surface area (Å²) in [7, 11) is 0. The molecule has 2 saturated heterocycles. The van der Waals surface area contributed by atoms with Gasteiger partial charge >= 0.3 is 6.18 Å². The van der Waals surface area contributed by atoms with Gasteiger partial charge in [-0.1, -0.05) is 50.2 Å². The molecule has 37 heavy (non-hydrogen) atoms. The number of nitrogens with zero attached hydrogens (tertiary/aromatic N) is 2. The number of carbonyl (C=O) groups is 2. The van der Waals surface area contributed by atoms with Crippen molar-refractivity contribution in [1.29, 1.82) is 5.41 Å². The Morgan fingerprint density at radius 1 is 1.14 bits per heavy atom. The summed E-state index contributed by atoms with van der Waals surface area (Å²) in [6, 6.07) is 11.7. The summed E-state index contributed by atoms with van der Waals surface area (Å²) >= 11 is 0. The SMILES string of the molecule is CC(C)CC1(c2ccccc2)NC(=N)N(Cc2ccc(C(F)(F)F)c(C(=O)N3CCC(F)(F)C3)c2)C1=O. The summed E-state index contributed by atoms with van der Waals surface area (Å²) in [5.74, 6) is -4.90. The molecule has 4 rings (SSSR count). The average Bonchev–Trinajstić information content (AvgIpc) is 3.30. The molecule has 2 fully saturated rings. The molecule has 2 aromatic rings. The van der Waals surface area contributed by atoms with Gasteiger partial charge in [0.05, 0.1) is 24.2 Å². The molecule has 6 nitrogen and oxygen atoms in total. The van der Waals surface area contributed by atoms with Crippen LogP contribution in [-0.4, -0.2) is 46.6 Å². The van der Waals surface area contributed by atoms with Crippen LogP contribution in [0.1, 0.15) is 53.7 Å². The van der Waals surface area contributed by atoms with Gasteiger partial charge in [0.25, 0.3) is 17.7 Å². The molecule has 2 heterocycles. The third-order valence-corrected chi connectivity index (χ3v) is 6.61. The molecule has 11 heteroatoms. The molecule has 2 aromatic carbocycles. The van der Waals surface area contributed by atoms with E-state index in [2.05, 4.69) is 5.32 Å². The van der Waals surface area contributed by atoms with Gasteiger partial charge in [0.1, 0.15) is 5.54 Å². The highest BCUT2D eigenvalue weighted by atomic mass is 19.4. The van der Waals surface area contributed by atoms with Crippen molar-refractivity contribution in [3.05, 3.63) is 70.8 Å². The predicted octanol–water partition coefficient (Wildman–Crippen LogP) is 4.99. The van der Waals surface area contributed by atoms with Gasteiger partial charge in [0, 0.05) is 13.0 Å². The van der Waals surface area contributed by atoms with Crippen molar-refractivity contribution in [3.8, 4) is 0 Å². The quantitative estimate of drug-likeness (QED) is 0.525. The van der Waals surface area contributed by atoms with Gasteiger partial charge in [0.2, 0.25) is 0 Å². The number of hydrogen-bond donors (Lipinski definition) is 2. The number of halogens is 5. The van der Waals surface area contributed by atoms with Crippen molar-refractivity contribution in [3.63, 3.8) is 0 Å². The largest absolute Gasteiger partial charge is 0.417 e. The van der Waals surface area contributed by atoms with E-state index < -0.39 is 53.5 Å². The number of benzene rings is 2. The van der Waals surface area contributed by atoms with Crippen LogP contribution < -0.4 is 5.32 Å². The normalized spacial score (nSPS) is 21.6. The van der Waals surface area contributed by atoms with Crippen LogP contribution in [0.2, 0.25) is 0 Å². The van der Waals surface area contributed by atoms with Crippen LogP contribution in [0.4, 0.5) is 22.0 Å². The number of rotatable bonds is 6. The molecular weight excluding hydrogens is 495 g/mol. The van der Waals surface area contributed by atoms with Gasteiger partial charge in [-0.15, -0.1) is 0 Å². The third kappa shape index (κ3) is 5.17. The van der Waals surface area contributed by atoms with E-state index in [4.69, 9.17) is 5.41 Å². The Morgan fingerprint density at radius 3 is 2.38 bits per heavy atom. The number of amides is 2. The maximum Gasteiger partial charge on any atom is 0.417 e. The first-order valence-corrected chi connectivity index (χ1v) is 11.8. The van der Waals surface area contributed by atoms with E-state index in [1.807, 2.05) is 13.8 Å². The van der Waals surface area contributed by atoms with Crippen LogP contribution in [0.25, 0.3) is 0 Å². The van der Waals surface area contributed by atoms with Gasteiger partial charge in [-0.05, 0) is 35.6 Å². The Labute approximate surface area is 210 Å². The Kier molecular flexibility index (Phi) is 6.76. The van der Waals surface area contributed by atoms with Gasteiger partial charge < -0.3 is 10.2 Å². The monoisotopic (exact) mass is 522 g/mol. The standard InChI is InChI=1S/C26H27F5N4O2/c1-16(2)13-25(18-6-4-3-5-7-18)22(37)35(23(32)33-25)14-17-8-9-20(26(29,30)31)19(12-17)21(36)34-11-10-24(27,28)15-34/h3-9,12,16H,10-11,13-15H2,1-2H3,(H2,32,33). The lowest BCUT2D eigenvalue weighted by Crippen LogP contribution is -2.45. The molecule has 0 bridgehead atoms. The number of carbonyl (C=O) groups excluding carboxylic acids is 2. The van der Waals surface area contributed by atoms with Gasteiger partial charge in [-0.3, -0.25) is 19.9 Å². The van der Waals surface area contributed by atoms with Crippen LogP contribution in [0.5, 0.6) is 0 Å². The molecule has 1 atom stereocenters. The molecule has 0 spiro atoms. The van der Waals surface area contributed by atoms with Crippen molar-refractivity contribution in [1.82, 2.24) is 15.1 Å². The van der Waals surface area contributed by atoms with Crippen molar-refractivity contribution in [2.24, 2.45) is 5.92 Å². The Bertz CT molecular complexity index is 1220. The number of guanidine groups is 1. The van der Waals surface area contributed by atoms with E-state index in [0.29, 0.717) is 23.0 Å². The molecule has 0 radical (unpaired) electrons. The molecule has 2 aliphatic heterocycles. The number of nitrogens with one attached hydrogen (secondary N) is 2. The summed E-state index contributed by atoms with van der Waals surface area (Å²) in [6.07, 6.45) is -5.14. The molecule has 2 amide bonds. The topological polar surface area (TPSA) is 76.5 Å². The fraction of sp³-hybridized carbons (Fsp3) is 0.423. The minimum absolute atomic E-state index is 0.0679. The second-order valence-corrected chi connectivity index (χ2v) is 9.94. The van der Waals surface area contributed by atoms with Gasteiger partial charge in [0.15, 0.2) is 5.96 Å². The summed E-state index contributed by atoms with van der Waals surface area (Å²) in [6.45, 7) is 2.28. The third-order valence-electron chi connectivity index (χ3n) is 6.61. The molecule has 0 saturated carbocycles. The van der Waals surface area contributed by atoms with Crippen LogP contribution in [0.15, 0.2) is 48.5 Å². The van der Waals surface area contributed by atoms with Crippen molar-refractivity contribution < 1.29 is 31.5 Å². The number of hydrogen-bond acceptors (Lipinski definition) is 3. The number of likely N-dealkylation sites (tertiary alicyclic amines) is 1. The zero-order valence-corrected chi connectivity index (χ0v) is 20.3. The van der Waals surface area contributed by atoms with Crippen molar-refractivity contribution in [2.45, 2.75) is 50.9 Å². The average molecular weight is 523 g/mol. The fourth-order valence-corrected chi connectivity index (χ4v) is 4.97. The molecule has 1 unspecified atom stereocenters. The first kappa shape index (κ1) is 26.6. The van der Waals surface area contributed by atoms with E-state index in [-0.39, 0.29) is 30.5 Å². The molecule has 2 aliphatic rings. The lowest BCUT2D eigenvalue weighted by Gasteiger charge is -2.29. The number of alkyl halides is 5. The minimum Gasteiger partial charge on any atom is -0.338 e. The van der Waals surface area contributed by atoms with E-state index in [1.54, 1.807) is 30.3 Å². The highest BCUT2D eigenvalue weighted by Gasteiger charge is 2.51. The molecular formula is C26H27F5N4O2. The zero-order valence-electron chi connectivity index (χ0n) is 20.3. The van der Waals surface area contributed by atoms with Crippen LogP contribution in [0, 0.1) is 11.3 Å². The second kappa shape index (κ2) is 9.42. The van der Waals surface area contributed by atoms with Gasteiger partial charge in [-0.25, -0.2) is 8.78 Å². The minimum atomic E-state index is -4.89. The highest BCUT2D eigenvalue weighted by molar-refractivity contribution is 6.08. The molecule has 198 valence electrons. The Hall–Kier alpha value is -3.50. The molecule has 2 N–H and O–H groups in total. The second-order valence-electron chi connectivity index (χ2n) is 9.94. The van der Waals surface area contributed by atoms with Gasteiger partial charge in [-0.2, -0.15) is 13.2 Å². The molecule has 0 aliphatic carbocycles. The van der Waals surface area contributed by atoms with Crippen molar-refractivity contribution >= 4 is 17.8 Å². The Balaban J connectivity index is 1.67. The summed E-state index contributed by atoms with van der Waals surface area (Å²) in [5, 5.41) is 11.4. The highest BCUT2D eigenvalue weighted by Crippen LogP contribution is 2.38. The predicted molar refractivity (Wildman–Crippen MR) is 126 cm³/mol. The van der Waals surface area contributed by atoms with E-state index >= 15 is 0 Å². The maximum atomic E-state index is 13.7. The first-order valence-electron chi connectivity index (χ1n) is 11.8. The molecule has 0 aromatic heterocycles.